The number of nitrogens with zero attached hydrogens (tertiary/aromatic N) is 4. The van der Waals surface area contributed by atoms with Crippen molar-refractivity contribution in [2.24, 2.45) is 0 Å². The molecule has 2 aromatic heterocycles. The largest absolute Gasteiger partial charge is 0.216 e. The number of hydrogen-bond acceptors (Lipinski definition) is 4. The summed E-state index contributed by atoms with van der Waals surface area (Å²) in [7, 11) is 0. The summed E-state index contributed by atoms with van der Waals surface area (Å²) in [6.45, 7) is 1.94. The number of rotatable bonds is 2. The van der Waals surface area contributed by atoms with Gasteiger partial charge in [-0.25, -0.2) is 4.98 Å². The molecule has 0 saturated heterocycles. The minimum atomic E-state index is 0.495. The Balaban J connectivity index is 1.90. The van der Waals surface area contributed by atoms with E-state index in [2.05, 4.69) is 16.2 Å². The Hall–Kier alpha value is -1.90. The summed E-state index contributed by atoms with van der Waals surface area (Å²) in [6.07, 6.45) is 2.39. The van der Waals surface area contributed by atoms with Crippen LogP contribution < -0.4 is 0 Å². The molecule has 0 bridgehead atoms. The summed E-state index contributed by atoms with van der Waals surface area (Å²) in [5.74, 6) is 0.574. The summed E-state index contributed by atoms with van der Waals surface area (Å²) in [5, 5.41) is 15.8. The monoisotopic (exact) mass is 314 g/mol. The number of hydrogen-bond donors (Lipinski definition) is 0. The molecule has 1 aliphatic rings. The first kappa shape index (κ1) is 12.8. The molecule has 0 atom stereocenters. The van der Waals surface area contributed by atoms with Crippen molar-refractivity contribution in [3.05, 3.63) is 39.5 Å². The zero-order chi connectivity index (χ0) is 14.6. The molecule has 6 heteroatoms. The van der Waals surface area contributed by atoms with E-state index in [1.807, 2.05) is 25.1 Å². The number of aromatic nitrogens is 3. The Labute approximate surface area is 130 Å². The summed E-state index contributed by atoms with van der Waals surface area (Å²) >= 11 is 7.64. The third kappa shape index (κ3) is 2.03. The Morgan fingerprint density at radius 3 is 2.90 bits per heavy atom. The summed E-state index contributed by atoms with van der Waals surface area (Å²) in [5.41, 5.74) is 3.05. The van der Waals surface area contributed by atoms with Gasteiger partial charge in [0.15, 0.2) is 5.69 Å². The second kappa shape index (κ2) is 4.55. The van der Waals surface area contributed by atoms with Gasteiger partial charge in [-0.3, -0.25) is 0 Å². The summed E-state index contributed by atoms with van der Waals surface area (Å²) in [6, 6.07) is 7.92. The van der Waals surface area contributed by atoms with E-state index in [1.54, 1.807) is 15.9 Å². The van der Waals surface area contributed by atoms with Crippen molar-refractivity contribution in [3.8, 4) is 17.3 Å². The van der Waals surface area contributed by atoms with E-state index in [0.717, 1.165) is 21.1 Å². The molecule has 21 heavy (non-hydrogen) atoms. The summed E-state index contributed by atoms with van der Waals surface area (Å²) in [4.78, 5) is 5.40. The molecular weight excluding hydrogens is 304 g/mol. The average Bonchev–Trinajstić information content (AvgIpc) is 3.15. The Bertz CT molecular complexity index is 898. The van der Waals surface area contributed by atoms with Gasteiger partial charge in [0.2, 0.25) is 4.96 Å². The van der Waals surface area contributed by atoms with Crippen LogP contribution in [0.1, 0.15) is 35.0 Å². The minimum absolute atomic E-state index is 0.495. The molecule has 0 radical (unpaired) electrons. The van der Waals surface area contributed by atoms with Crippen LogP contribution in [0.2, 0.25) is 5.02 Å². The number of imidazole rings is 1. The van der Waals surface area contributed by atoms with Gasteiger partial charge in [-0.05, 0) is 37.5 Å². The zero-order valence-corrected chi connectivity index (χ0v) is 12.9. The first-order chi connectivity index (χ1) is 10.2. The number of aryl methyl sites for hydroxylation is 1. The van der Waals surface area contributed by atoms with Crippen LogP contribution in [0.5, 0.6) is 0 Å². The predicted octanol–water partition coefficient (Wildman–Crippen LogP) is 4.17. The Kier molecular flexibility index (Phi) is 2.78. The maximum Gasteiger partial charge on any atom is 0.214 e. The van der Waals surface area contributed by atoms with Gasteiger partial charge in [-0.15, -0.1) is 0 Å². The third-order valence-corrected chi connectivity index (χ3v) is 5.18. The van der Waals surface area contributed by atoms with Crippen molar-refractivity contribution in [3.63, 3.8) is 0 Å². The fraction of sp³-hybridized carbons (Fsp3) is 0.267. The summed E-state index contributed by atoms with van der Waals surface area (Å²) < 4.78 is 1.68. The standard InChI is InChI=1S/C15H11ClN4S/c1-8-6-10(4-5-11(8)16)13-12(7-17)20-15(18-13)21-14(19-20)9-2-3-9/h4-6,9H,2-3H2,1H3. The SMILES string of the molecule is Cc1cc(-c2nc3sc(C4CC4)nn3c2C#N)ccc1Cl. The molecule has 0 spiro atoms. The van der Waals surface area contributed by atoms with Crippen LogP contribution in [0.25, 0.3) is 16.2 Å². The van der Waals surface area contributed by atoms with E-state index in [-0.39, 0.29) is 0 Å². The highest BCUT2D eigenvalue weighted by molar-refractivity contribution is 7.16. The number of fused-ring (bicyclic) bond motifs is 1. The van der Waals surface area contributed by atoms with Crippen molar-refractivity contribution in [2.45, 2.75) is 25.7 Å². The van der Waals surface area contributed by atoms with Crippen LogP contribution >= 0.6 is 22.9 Å². The molecule has 1 fully saturated rings. The van der Waals surface area contributed by atoms with Crippen LogP contribution in [0, 0.1) is 18.3 Å². The van der Waals surface area contributed by atoms with E-state index < -0.39 is 0 Å². The van der Waals surface area contributed by atoms with E-state index in [9.17, 15) is 5.26 Å². The quantitative estimate of drug-likeness (QED) is 0.713. The molecule has 0 N–H and O–H groups in total. The predicted molar refractivity (Wildman–Crippen MR) is 82.7 cm³/mol. The molecule has 0 aliphatic heterocycles. The molecular formula is C15H11ClN4S. The van der Waals surface area contributed by atoms with Crippen LogP contribution in [0.15, 0.2) is 18.2 Å². The second-order valence-electron chi connectivity index (χ2n) is 5.29. The van der Waals surface area contributed by atoms with Gasteiger partial charge in [0.25, 0.3) is 0 Å². The molecule has 4 rings (SSSR count). The fourth-order valence-corrected chi connectivity index (χ4v) is 3.54. The van der Waals surface area contributed by atoms with Gasteiger partial charge in [-0.2, -0.15) is 14.9 Å². The van der Waals surface area contributed by atoms with E-state index >= 15 is 0 Å². The van der Waals surface area contributed by atoms with Gasteiger partial charge < -0.3 is 0 Å². The van der Waals surface area contributed by atoms with Gasteiger partial charge in [0.05, 0.1) is 0 Å². The molecule has 3 aromatic rings. The molecule has 0 amide bonds. The average molecular weight is 315 g/mol. The minimum Gasteiger partial charge on any atom is -0.216 e. The second-order valence-corrected chi connectivity index (χ2v) is 6.69. The number of nitriles is 1. The lowest BCUT2D eigenvalue weighted by Gasteiger charge is -2.01. The van der Waals surface area contributed by atoms with Gasteiger partial charge in [0, 0.05) is 16.5 Å². The van der Waals surface area contributed by atoms with Crippen molar-refractivity contribution < 1.29 is 0 Å². The van der Waals surface area contributed by atoms with Crippen molar-refractivity contribution in [2.75, 3.05) is 0 Å². The van der Waals surface area contributed by atoms with Crippen molar-refractivity contribution in [1.29, 1.82) is 5.26 Å². The molecule has 104 valence electrons. The zero-order valence-electron chi connectivity index (χ0n) is 11.3. The van der Waals surface area contributed by atoms with E-state index in [4.69, 9.17) is 11.6 Å². The van der Waals surface area contributed by atoms with Crippen LogP contribution in [-0.4, -0.2) is 14.6 Å². The topological polar surface area (TPSA) is 54.0 Å². The third-order valence-electron chi connectivity index (χ3n) is 3.68. The number of halogens is 1. The smallest absolute Gasteiger partial charge is 0.214 e. The molecule has 2 heterocycles. The van der Waals surface area contributed by atoms with E-state index in [0.29, 0.717) is 22.3 Å². The highest BCUT2D eigenvalue weighted by Gasteiger charge is 2.29. The first-order valence-electron chi connectivity index (χ1n) is 6.73. The molecule has 1 aromatic carbocycles. The fourth-order valence-electron chi connectivity index (χ4n) is 2.35. The maximum absolute atomic E-state index is 9.48. The molecule has 1 aliphatic carbocycles. The van der Waals surface area contributed by atoms with Crippen LogP contribution in [0.3, 0.4) is 0 Å². The first-order valence-corrected chi connectivity index (χ1v) is 7.93. The molecule has 4 nitrogen and oxygen atoms in total. The van der Waals surface area contributed by atoms with E-state index in [1.165, 1.54) is 12.8 Å². The van der Waals surface area contributed by atoms with Gasteiger partial charge in [-0.1, -0.05) is 29.0 Å². The Morgan fingerprint density at radius 2 is 2.24 bits per heavy atom. The number of benzene rings is 1. The van der Waals surface area contributed by atoms with Crippen LogP contribution in [0.4, 0.5) is 0 Å². The normalized spacial score (nSPS) is 14.5. The van der Waals surface area contributed by atoms with Gasteiger partial charge >= 0.3 is 0 Å². The Morgan fingerprint density at radius 1 is 1.43 bits per heavy atom. The highest BCUT2D eigenvalue weighted by Crippen LogP contribution is 2.42. The lowest BCUT2D eigenvalue weighted by atomic mass is 10.1. The molecule has 1 saturated carbocycles. The van der Waals surface area contributed by atoms with Crippen molar-refractivity contribution >= 4 is 27.9 Å². The lowest BCUT2D eigenvalue weighted by molar-refractivity contribution is 0.893. The lowest BCUT2D eigenvalue weighted by Crippen LogP contribution is -1.92. The van der Waals surface area contributed by atoms with Gasteiger partial charge in [0.1, 0.15) is 16.8 Å². The van der Waals surface area contributed by atoms with Crippen molar-refractivity contribution in [1.82, 2.24) is 14.6 Å². The molecule has 0 unspecified atom stereocenters. The maximum atomic E-state index is 9.48. The highest BCUT2D eigenvalue weighted by atomic mass is 35.5. The van der Waals surface area contributed by atoms with Crippen LogP contribution in [-0.2, 0) is 0 Å².